The van der Waals surface area contributed by atoms with E-state index in [4.69, 9.17) is 0 Å². The van der Waals surface area contributed by atoms with Crippen LogP contribution in [-0.2, 0) is 17.9 Å². The summed E-state index contributed by atoms with van der Waals surface area (Å²) in [7, 11) is 0. The normalized spacial score (nSPS) is 26.3. The lowest BCUT2D eigenvalue weighted by atomic mass is 9.85. The van der Waals surface area contributed by atoms with E-state index in [1.54, 1.807) is 0 Å². The van der Waals surface area contributed by atoms with Gasteiger partial charge in [-0.15, -0.1) is 0 Å². The molecule has 1 atom stereocenters. The number of carbonyl (C=O) groups excluding carboxylic acids is 1. The molecule has 2 fully saturated rings. The quantitative estimate of drug-likeness (QED) is 0.876. The minimum Gasteiger partial charge on any atom is -0.395 e. The number of aryl methyl sites for hydroxylation is 1. The Kier molecular flexibility index (Phi) is 4.49. The van der Waals surface area contributed by atoms with E-state index >= 15 is 0 Å². The van der Waals surface area contributed by atoms with Gasteiger partial charge in [0.2, 0.25) is 5.91 Å². The number of aromatic nitrogens is 2. The molecule has 2 aliphatic rings. The number of β-amino-alcohol motifs (C(OH)–C–C–N with tert-alkyl or cyclic N) is 1. The van der Waals surface area contributed by atoms with E-state index in [0.717, 1.165) is 51.9 Å². The lowest BCUT2D eigenvalue weighted by Crippen LogP contribution is -2.60. The van der Waals surface area contributed by atoms with Crippen molar-refractivity contribution in [3.63, 3.8) is 0 Å². The van der Waals surface area contributed by atoms with Crippen LogP contribution < -0.4 is 0 Å². The monoisotopic (exact) mass is 306 g/mol. The number of carbonyl (C=O) groups is 1. The molecule has 1 aromatic rings. The van der Waals surface area contributed by atoms with Gasteiger partial charge in [0, 0.05) is 32.4 Å². The van der Waals surface area contributed by atoms with Crippen molar-refractivity contribution in [3.05, 3.63) is 18.2 Å². The number of aliphatic hydroxyl groups is 1. The zero-order valence-corrected chi connectivity index (χ0v) is 13.4. The van der Waals surface area contributed by atoms with E-state index in [1.807, 2.05) is 17.4 Å². The Labute approximate surface area is 131 Å². The van der Waals surface area contributed by atoms with Crippen LogP contribution in [0.3, 0.4) is 0 Å². The van der Waals surface area contributed by atoms with Crippen LogP contribution in [0.5, 0.6) is 0 Å². The summed E-state index contributed by atoms with van der Waals surface area (Å²) in [6.07, 6.45) is 7.74. The van der Waals surface area contributed by atoms with E-state index in [1.165, 1.54) is 5.69 Å². The van der Waals surface area contributed by atoms with Gasteiger partial charge in [0.25, 0.3) is 0 Å². The van der Waals surface area contributed by atoms with Crippen molar-refractivity contribution in [2.24, 2.45) is 0 Å². The van der Waals surface area contributed by atoms with Gasteiger partial charge in [-0.2, -0.15) is 0 Å². The van der Waals surface area contributed by atoms with Gasteiger partial charge in [-0.25, -0.2) is 4.98 Å². The molecule has 0 bridgehead atoms. The van der Waals surface area contributed by atoms with Crippen LogP contribution in [0.25, 0.3) is 0 Å². The van der Waals surface area contributed by atoms with Crippen molar-refractivity contribution in [1.29, 1.82) is 0 Å². The van der Waals surface area contributed by atoms with Gasteiger partial charge in [0.1, 0.15) is 5.54 Å². The predicted molar refractivity (Wildman–Crippen MR) is 83.2 cm³/mol. The van der Waals surface area contributed by atoms with Crippen molar-refractivity contribution in [2.45, 2.75) is 51.2 Å². The summed E-state index contributed by atoms with van der Waals surface area (Å²) < 4.78 is 2.14. The maximum atomic E-state index is 13.0. The number of imidazole rings is 1. The highest BCUT2D eigenvalue weighted by molar-refractivity contribution is 5.87. The van der Waals surface area contributed by atoms with E-state index < -0.39 is 0 Å². The molecule has 2 aliphatic heterocycles. The molecule has 1 amide bonds. The van der Waals surface area contributed by atoms with Crippen LogP contribution >= 0.6 is 0 Å². The number of hydrogen-bond acceptors (Lipinski definition) is 4. The molecule has 3 rings (SSSR count). The second-order valence-corrected chi connectivity index (χ2v) is 6.35. The van der Waals surface area contributed by atoms with Gasteiger partial charge in [-0.1, -0.05) is 0 Å². The summed E-state index contributed by atoms with van der Waals surface area (Å²) in [5, 5.41) is 9.19. The van der Waals surface area contributed by atoms with Crippen LogP contribution in [0.2, 0.25) is 0 Å². The van der Waals surface area contributed by atoms with Crippen molar-refractivity contribution in [1.82, 2.24) is 19.4 Å². The topological polar surface area (TPSA) is 61.6 Å². The van der Waals surface area contributed by atoms with Crippen LogP contribution in [0.1, 0.15) is 38.3 Å². The molecular weight excluding hydrogens is 280 g/mol. The molecule has 0 aliphatic carbocycles. The predicted octanol–water partition coefficient (Wildman–Crippen LogP) is 0.852. The van der Waals surface area contributed by atoms with Gasteiger partial charge >= 0.3 is 0 Å². The van der Waals surface area contributed by atoms with E-state index in [2.05, 4.69) is 21.4 Å². The average Bonchev–Trinajstić information content (AvgIpc) is 3.13. The maximum absolute atomic E-state index is 13.0. The SMILES string of the molecule is CCn1cncc1CN1CCCC12CCCN(CCO)C2=O. The van der Waals surface area contributed by atoms with E-state index in [0.29, 0.717) is 6.54 Å². The lowest BCUT2D eigenvalue weighted by molar-refractivity contribution is -0.148. The Morgan fingerprint density at radius 2 is 2.09 bits per heavy atom. The molecule has 22 heavy (non-hydrogen) atoms. The highest BCUT2D eigenvalue weighted by atomic mass is 16.3. The van der Waals surface area contributed by atoms with E-state index in [9.17, 15) is 9.90 Å². The Morgan fingerprint density at radius 1 is 1.32 bits per heavy atom. The Hall–Kier alpha value is -1.40. The van der Waals surface area contributed by atoms with Gasteiger partial charge in [0.05, 0.1) is 18.6 Å². The number of nitrogens with zero attached hydrogens (tertiary/aromatic N) is 4. The fourth-order valence-corrected chi connectivity index (χ4v) is 4.05. The highest BCUT2D eigenvalue weighted by Crippen LogP contribution is 2.39. The Balaban J connectivity index is 1.81. The van der Waals surface area contributed by atoms with Gasteiger partial charge in [-0.3, -0.25) is 9.69 Å². The first-order valence-corrected chi connectivity index (χ1v) is 8.35. The van der Waals surface area contributed by atoms with E-state index in [-0.39, 0.29) is 18.1 Å². The largest absolute Gasteiger partial charge is 0.395 e. The fourth-order valence-electron chi connectivity index (χ4n) is 4.05. The number of hydrogen-bond donors (Lipinski definition) is 1. The van der Waals surface area contributed by atoms with Gasteiger partial charge < -0.3 is 14.6 Å². The zero-order valence-electron chi connectivity index (χ0n) is 13.4. The zero-order chi connectivity index (χ0) is 15.6. The average molecular weight is 306 g/mol. The van der Waals surface area contributed by atoms with Gasteiger partial charge in [-0.05, 0) is 39.2 Å². The number of likely N-dealkylation sites (tertiary alicyclic amines) is 2. The second-order valence-electron chi connectivity index (χ2n) is 6.35. The third-order valence-corrected chi connectivity index (χ3v) is 5.19. The minimum absolute atomic E-state index is 0.0461. The molecule has 122 valence electrons. The molecule has 1 unspecified atom stereocenters. The second kappa shape index (κ2) is 6.38. The smallest absolute Gasteiger partial charge is 0.243 e. The molecule has 6 nitrogen and oxygen atoms in total. The van der Waals surface area contributed by atoms with Crippen molar-refractivity contribution in [2.75, 3.05) is 26.2 Å². The lowest BCUT2D eigenvalue weighted by Gasteiger charge is -2.44. The highest BCUT2D eigenvalue weighted by Gasteiger charge is 2.50. The molecule has 1 aromatic heterocycles. The first kappa shape index (κ1) is 15.5. The summed E-state index contributed by atoms with van der Waals surface area (Å²) in [6.45, 7) is 6.05. The molecule has 6 heteroatoms. The standard InChI is InChI=1S/C16H26N4O2/c1-2-18-13-17-11-14(18)12-20-8-4-6-16(20)5-3-7-19(9-10-21)15(16)22/h11,13,21H,2-10,12H2,1H3. The molecule has 0 aromatic carbocycles. The number of aliphatic hydroxyl groups excluding tert-OH is 1. The number of rotatable bonds is 5. The summed E-state index contributed by atoms with van der Waals surface area (Å²) in [5.74, 6) is 0.216. The van der Waals surface area contributed by atoms with Gasteiger partial charge in [0.15, 0.2) is 0 Å². The van der Waals surface area contributed by atoms with Crippen LogP contribution in [-0.4, -0.2) is 62.1 Å². The first-order chi connectivity index (χ1) is 10.7. The van der Waals surface area contributed by atoms with Crippen molar-refractivity contribution in [3.8, 4) is 0 Å². The summed E-state index contributed by atoms with van der Waals surface area (Å²) in [5.41, 5.74) is 0.826. The van der Waals surface area contributed by atoms with Crippen LogP contribution in [0.4, 0.5) is 0 Å². The fraction of sp³-hybridized carbons (Fsp3) is 0.750. The summed E-state index contributed by atoms with van der Waals surface area (Å²) in [4.78, 5) is 21.4. The molecule has 1 spiro atoms. The molecule has 2 saturated heterocycles. The molecule has 0 radical (unpaired) electrons. The molecular formula is C16H26N4O2. The first-order valence-electron chi connectivity index (χ1n) is 8.35. The van der Waals surface area contributed by atoms with Crippen molar-refractivity contribution >= 4 is 5.91 Å². The minimum atomic E-state index is -0.351. The molecule has 1 N–H and O–H groups in total. The third kappa shape index (κ3) is 2.54. The molecule has 0 saturated carbocycles. The van der Waals surface area contributed by atoms with Crippen LogP contribution in [0.15, 0.2) is 12.5 Å². The summed E-state index contributed by atoms with van der Waals surface area (Å²) >= 11 is 0. The van der Waals surface area contributed by atoms with Crippen LogP contribution in [0, 0.1) is 0 Å². The Morgan fingerprint density at radius 3 is 2.82 bits per heavy atom. The number of piperidine rings is 1. The molecule has 3 heterocycles. The van der Waals surface area contributed by atoms with Crippen molar-refractivity contribution < 1.29 is 9.90 Å². The maximum Gasteiger partial charge on any atom is 0.243 e. The number of amides is 1. The summed E-state index contributed by atoms with van der Waals surface area (Å²) in [6, 6.07) is 0. The Bertz CT molecular complexity index is 528. The third-order valence-electron chi connectivity index (χ3n) is 5.19.